The molecule has 0 spiro atoms. The van der Waals surface area contributed by atoms with Crippen LogP contribution in [0.5, 0.6) is 0 Å². The fourth-order valence-electron chi connectivity index (χ4n) is 1.56. The van der Waals surface area contributed by atoms with Gasteiger partial charge in [0.25, 0.3) is 0 Å². The Kier molecular flexibility index (Phi) is 2.78. The van der Waals surface area contributed by atoms with Gasteiger partial charge in [0.1, 0.15) is 12.1 Å². The van der Waals surface area contributed by atoms with Crippen molar-refractivity contribution in [2.24, 2.45) is 0 Å². The number of amides is 1. The molecule has 2 unspecified atom stereocenters. The molecule has 1 amide bonds. The second-order valence-electron chi connectivity index (χ2n) is 3.82. The predicted molar refractivity (Wildman–Crippen MR) is 50.6 cm³/mol. The summed E-state index contributed by atoms with van der Waals surface area (Å²) in [5.74, 6) is -1.11. The lowest BCUT2D eigenvalue weighted by atomic mass is 10.1. The number of fused-ring (bicyclic) bond motifs is 1. The standard InChI is InChI=1S/C5H5NO3.C4H7NO2/c7-4-3-1-2-6(3)5(8)9-4;6-4(7)3-1-2-5-3/h3H,1-2H2;3,5H,1-2H2,(H,6,7). The molecule has 0 aliphatic carbocycles. The Morgan fingerprint density at radius 1 is 1.44 bits per heavy atom. The van der Waals surface area contributed by atoms with Crippen molar-refractivity contribution >= 4 is 18.0 Å². The first kappa shape index (κ1) is 10.9. The molecule has 0 bridgehead atoms. The zero-order valence-corrected chi connectivity index (χ0v) is 8.51. The van der Waals surface area contributed by atoms with Crippen LogP contribution in [0.25, 0.3) is 0 Å². The molecule has 0 aromatic rings. The van der Waals surface area contributed by atoms with E-state index in [0.29, 0.717) is 6.54 Å². The predicted octanol–water partition coefficient (Wildman–Crippen LogP) is -0.830. The molecule has 0 saturated carbocycles. The zero-order valence-electron chi connectivity index (χ0n) is 8.51. The first-order valence-electron chi connectivity index (χ1n) is 5.08. The van der Waals surface area contributed by atoms with E-state index in [1.807, 2.05) is 0 Å². The number of hydrogen-bond donors (Lipinski definition) is 2. The molecular weight excluding hydrogens is 216 g/mol. The molecule has 0 radical (unpaired) electrons. The van der Waals surface area contributed by atoms with Gasteiger partial charge < -0.3 is 15.2 Å². The van der Waals surface area contributed by atoms with Crippen LogP contribution in [0.1, 0.15) is 12.8 Å². The number of carbonyl (C=O) groups excluding carboxylic acids is 2. The maximum Gasteiger partial charge on any atom is 0.418 e. The third-order valence-corrected chi connectivity index (χ3v) is 2.84. The maximum atomic E-state index is 10.6. The van der Waals surface area contributed by atoms with Gasteiger partial charge in [-0.2, -0.15) is 0 Å². The second-order valence-corrected chi connectivity index (χ2v) is 3.82. The molecule has 3 aliphatic heterocycles. The molecule has 2 N–H and O–H groups in total. The topological polar surface area (TPSA) is 95.9 Å². The molecule has 7 nitrogen and oxygen atoms in total. The Morgan fingerprint density at radius 2 is 2.12 bits per heavy atom. The third-order valence-electron chi connectivity index (χ3n) is 2.84. The number of hydrogen-bond acceptors (Lipinski definition) is 5. The maximum absolute atomic E-state index is 10.6. The summed E-state index contributed by atoms with van der Waals surface area (Å²) in [6.07, 6.45) is 1.08. The van der Waals surface area contributed by atoms with Gasteiger partial charge in [-0.3, -0.25) is 9.69 Å². The molecule has 3 rings (SSSR count). The number of aliphatic carboxylic acids is 1. The smallest absolute Gasteiger partial charge is 0.418 e. The van der Waals surface area contributed by atoms with Crippen LogP contribution < -0.4 is 5.32 Å². The molecular formula is C9H12N2O5. The van der Waals surface area contributed by atoms with Crippen molar-refractivity contribution in [2.45, 2.75) is 24.9 Å². The SMILES string of the molecule is O=C(O)C1CCN1.O=C1OC(=O)N2CCC12. The van der Waals surface area contributed by atoms with E-state index in [1.165, 1.54) is 4.90 Å². The van der Waals surface area contributed by atoms with Gasteiger partial charge in [-0.05, 0) is 19.4 Å². The van der Waals surface area contributed by atoms with E-state index in [9.17, 15) is 14.4 Å². The van der Waals surface area contributed by atoms with Crippen LogP contribution in [0.2, 0.25) is 0 Å². The van der Waals surface area contributed by atoms with Crippen molar-refractivity contribution in [3.63, 3.8) is 0 Å². The molecule has 88 valence electrons. The van der Waals surface area contributed by atoms with E-state index in [4.69, 9.17) is 5.11 Å². The van der Waals surface area contributed by atoms with Crippen LogP contribution in [0.15, 0.2) is 0 Å². The molecule has 7 heteroatoms. The second kappa shape index (κ2) is 4.09. The fraction of sp³-hybridized carbons (Fsp3) is 0.667. The van der Waals surface area contributed by atoms with E-state index in [0.717, 1.165) is 19.4 Å². The van der Waals surface area contributed by atoms with Crippen molar-refractivity contribution in [3.8, 4) is 0 Å². The highest BCUT2D eigenvalue weighted by atomic mass is 16.6. The summed E-state index contributed by atoms with van der Waals surface area (Å²) in [6, 6.07) is -0.488. The number of carboxylic acid groups (broad SMARTS) is 1. The van der Waals surface area contributed by atoms with Crippen molar-refractivity contribution in [1.82, 2.24) is 10.2 Å². The molecule has 3 fully saturated rings. The number of rotatable bonds is 1. The first-order valence-corrected chi connectivity index (χ1v) is 5.08. The summed E-state index contributed by atoms with van der Waals surface area (Å²) >= 11 is 0. The Morgan fingerprint density at radius 3 is 2.25 bits per heavy atom. The number of nitrogens with one attached hydrogen (secondary N) is 1. The highest BCUT2D eigenvalue weighted by Gasteiger charge is 2.47. The molecule has 3 saturated heterocycles. The van der Waals surface area contributed by atoms with Crippen LogP contribution in [-0.4, -0.2) is 53.2 Å². The monoisotopic (exact) mass is 228 g/mol. The molecule has 3 heterocycles. The summed E-state index contributed by atoms with van der Waals surface area (Å²) in [7, 11) is 0. The van der Waals surface area contributed by atoms with Crippen molar-refractivity contribution in [3.05, 3.63) is 0 Å². The quantitative estimate of drug-likeness (QED) is 0.449. The normalized spacial score (nSPS) is 30.4. The Hall–Kier alpha value is -1.63. The third kappa shape index (κ3) is 1.85. The lowest BCUT2D eigenvalue weighted by molar-refractivity contribution is -0.141. The first-order chi connectivity index (χ1) is 7.59. The molecule has 16 heavy (non-hydrogen) atoms. The molecule has 2 atom stereocenters. The number of carbonyl (C=O) groups is 3. The van der Waals surface area contributed by atoms with Crippen LogP contribution >= 0.6 is 0 Å². The molecule has 0 aromatic heterocycles. The van der Waals surface area contributed by atoms with Gasteiger partial charge in [0, 0.05) is 6.54 Å². The van der Waals surface area contributed by atoms with Crippen LogP contribution in [0.4, 0.5) is 4.79 Å². The summed E-state index contributed by atoms with van der Waals surface area (Å²) in [4.78, 5) is 32.4. The van der Waals surface area contributed by atoms with E-state index in [2.05, 4.69) is 10.1 Å². The van der Waals surface area contributed by atoms with Crippen molar-refractivity contribution in [2.75, 3.05) is 13.1 Å². The van der Waals surface area contributed by atoms with Gasteiger partial charge in [-0.15, -0.1) is 0 Å². The lowest BCUT2D eigenvalue weighted by Crippen LogP contribution is -2.48. The van der Waals surface area contributed by atoms with Gasteiger partial charge in [0.2, 0.25) is 0 Å². The van der Waals surface area contributed by atoms with Crippen LogP contribution in [0.3, 0.4) is 0 Å². The zero-order chi connectivity index (χ0) is 11.7. The number of esters is 1. The molecule has 3 aliphatic rings. The Labute approximate surface area is 91.3 Å². The van der Waals surface area contributed by atoms with Gasteiger partial charge in [0.15, 0.2) is 0 Å². The van der Waals surface area contributed by atoms with Crippen LogP contribution in [-0.2, 0) is 14.3 Å². The van der Waals surface area contributed by atoms with Gasteiger partial charge in [-0.1, -0.05) is 0 Å². The number of nitrogens with zero attached hydrogens (tertiary/aromatic N) is 1. The minimum absolute atomic E-state index is 0.238. The van der Waals surface area contributed by atoms with Crippen LogP contribution in [0, 0.1) is 0 Å². The summed E-state index contributed by atoms with van der Waals surface area (Å²) in [5, 5.41) is 10.9. The number of ether oxygens (including phenoxy) is 1. The summed E-state index contributed by atoms with van der Waals surface area (Å²) in [5.41, 5.74) is 0. The minimum atomic E-state index is -0.730. The van der Waals surface area contributed by atoms with E-state index >= 15 is 0 Å². The van der Waals surface area contributed by atoms with Crippen molar-refractivity contribution < 1.29 is 24.2 Å². The average molecular weight is 228 g/mol. The Balaban J connectivity index is 0.000000125. The highest BCUT2D eigenvalue weighted by Crippen LogP contribution is 2.25. The lowest BCUT2D eigenvalue weighted by Gasteiger charge is -2.28. The fourth-order valence-corrected chi connectivity index (χ4v) is 1.56. The summed E-state index contributed by atoms with van der Waals surface area (Å²) < 4.78 is 4.30. The largest absolute Gasteiger partial charge is 0.480 e. The average Bonchev–Trinajstić information content (AvgIpc) is 2.13. The molecule has 0 aromatic carbocycles. The minimum Gasteiger partial charge on any atom is -0.480 e. The van der Waals surface area contributed by atoms with Gasteiger partial charge in [-0.25, -0.2) is 9.59 Å². The highest BCUT2D eigenvalue weighted by molar-refractivity contribution is 5.96. The number of cyclic esters (lactones) is 2. The van der Waals surface area contributed by atoms with E-state index in [-0.39, 0.29) is 18.1 Å². The van der Waals surface area contributed by atoms with Crippen molar-refractivity contribution in [1.29, 1.82) is 0 Å². The van der Waals surface area contributed by atoms with Gasteiger partial charge in [0.05, 0.1) is 0 Å². The van der Waals surface area contributed by atoms with Gasteiger partial charge >= 0.3 is 18.0 Å². The Bertz CT molecular complexity index is 319. The summed E-state index contributed by atoms with van der Waals surface area (Å²) in [6.45, 7) is 1.53. The number of carboxylic acids is 1. The van der Waals surface area contributed by atoms with E-state index in [1.54, 1.807) is 0 Å². The van der Waals surface area contributed by atoms with E-state index < -0.39 is 12.1 Å².